The highest BCUT2D eigenvalue weighted by Crippen LogP contribution is 2.48. The molecule has 2 heterocycles. The van der Waals surface area contributed by atoms with E-state index in [4.69, 9.17) is 15.0 Å². The maximum Gasteiger partial charge on any atom is 0.164 e. The summed E-state index contributed by atoms with van der Waals surface area (Å²) in [6, 6.07) is 57.5. The maximum absolute atomic E-state index is 5.03. The van der Waals surface area contributed by atoms with Gasteiger partial charge in [0.2, 0.25) is 0 Å². The second kappa shape index (κ2) is 11.5. The highest BCUT2D eigenvalue weighted by Gasteiger charge is 2.20. The number of rotatable bonds is 5. The van der Waals surface area contributed by atoms with Gasteiger partial charge in [0.1, 0.15) is 0 Å². The van der Waals surface area contributed by atoms with Gasteiger partial charge in [-0.15, -0.1) is 0 Å². The fourth-order valence-electron chi connectivity index (χ4n) is 6.37. The Morgan fingerprint density at radius 2 is 0.830 bits per heavy atom. The minimum Gasteiger partial charge on any atom is -0.208 e. The number of aromatic nitrogens is 3. The third-order valence-electron chi connectivity index (χ3n) is 8.73. The lowest BCUT2D eigenvalue weighted by molar-refractivity contribution is 1.07. The summed E-state index contributed by atoms with van der Waals surface area (Å²) in [7, 11) is 0. The second-order valence-electron chi connectivity index (χ2n) is 11.7. The van der Waals surface area contributed by atoms with Crippen LogP contribution in [0.5, 0.6) is 0 Å². The van der Waals surface area contributed by atoms with Gasteiger partial charge in [-0.25, -0.2) is 15.0 Å². The molecular weight excluding hydrogens is 591 g/mol. The Labute approximate surface area is 277 Å². The minimum absolute atomic E-state index is 0.648. The molecule has 47 heavy (non-hydrogen) atoms. The number of benzene rings is 7. The summed E-state index contributed by atoms with van der Waals surface area (Å²) in [5.74, 6) is 1.95. The molecule has 7 aromatic carbocycles. The number of fused-ring (bicyclic) bond motifs is 2. The van der Waals surface area contributed by atoms with Gasteiger partial charge in [0.25, 0.3) is 0 Å². The van der Waals surface area contributed by atoms with Gasteiger partial charge in [-0.05, 0) is 63.0 Å². The molecule has 0 amide bonds. The molecule has 220 valence electrons. The Bertz CT molecular complexity index is 2420. The van der Waals surface area contributed by atoms with Gasteiger partial charge in [0.05, 0.1) is 0 Å². The van der Waals surface area contributed by atoms with Crippen LogP contribution in [0.4, 0.5) is 0 Å². The highest BCUT2D eigenvalue weighted by atomic mass is 32.2. The SMILES string of the molecule is c1ccc(-c2ccc(-c3nc(-c4ccccc4)nc(-c4cccc(-c5ccc6c(c5)-c5cccc7cccc(c57)S6)c4)n3)cc2)cc1. The number of hydrogen-bond acceptors (Lipinski definition) is 4. The van der Waals surface area contributed by atoms with Gasteiger partial charge in [-0.3, -0.25) is 0 Å². The number of hydrogen-bond donors (Lipinski definition) is 0. The molecule has 1 aliphatic rings. The minimum atomic E-state index is 0.648. The molecule has 0 spiro atoms. The molecule has 0 unspecified atom stereocenters. The molecule has 0 radical (unpaired) electrons. The van der Waals surface area contributed by atoms with Crippen LogP contribution in [0.15, 0.2) is 174 Å². The Kier molecular flexibility index (Phi) is 6.72. The van der Waals surface area contributed by atoms with Crippen molar-refractivity contribution in [2.45, 2.75) is 9.79 Å². The fourth-order valence-corrected chi connectivity index (χ4v) is 7.50. The first-order chi connectivity index (χ1) is 23.3. The normalized spacial score (nSPS) is 11.7. The monoisotopic (exact) mass is 617 g/mol. The fraction of sp³-hybridized carbons (Fsp3) is 0. The van der Waals surface area contributed by atoms with E-state index >= 15 is 0 Å². The summed E-state index contributed by atoms with van der Waals surface area (Å²) in [5, 5.41) is 2.61. The Morgan fingerprint density at radius 1 is 0.319 bits per heavy atom. The molecule has 0 aliphatic carbocycles. The molecule has 8 aromatic rings. The molecule has 0 N–H and O–H groups in total. The first kappa shape index (κ1) is 27.5. The van der Waals surface area contributed by atoms with E-state index < -0.39 is 0 Å². The standard InChI is InChI=1S/C43H27N3S/c1-3-10-28(11-4-1)29-20-22-32(23-21-29)42-44-41(31-12-5-2-6-13-31)45-43(46-42)35-17-7-16-33(26-35)34-24-25-38-37(27-34)36-18-8-14-30-15-9-19-39(47-38)40(30)36/h1-27H. The second-order valence-corrected chi connectivity index (χ2v) is 12.8. The lowest BCUT2D eigenvalue weighted by Gasteiger charge is -2.21. The van der Waals surface area contributed by atoms with Crippen LogP contribution >= 0.6 is 11.8 Å². The van der Waals surface area contributed by atoms with Crippen molar-refractivity contribution in [2.75, 3.05) is 0 Å². The molecule has 9 rings (SSSR count). The van der Waals surface area contributed by atoms with Gasteiger partial charge in [0, 0.05) is 31.9 Å². The van der Waals surface area contributed by atoms with E-state index in [1.807, 2.05) is 48.2 Å². The van der Waals surface area contributed by atoms with Crippen molar-refractivity contribution in [3.05, 3.63) is 164 Å². The molecule has 0 saturated heterocycles. The Hall–Kier alpha value is -5.84. The van der Waals surface area contributed by atoms with E-state index in [2.05, 4.69) is 127 Å². The Balaban J connectivity index is 1.13. The first-order valence-electron chi connectivity index (χ1n) is 15.7. The third kappa shape index (κ3) is 5.09. The van der Waals surface area contributed by atoms with Crippen molar-refractivity contribution >= 4 is 22.5 Å². The summed E-state index contributed by atoms with van der Waals surface area (Å²) < 4.78 is 0. The average Bonchev–Trinajstić information content (AvgIpc) is 3.15. The molecule has 3 nitrogen and oxygen atoms in total. The van der Waals surface area contributed by atoms with Crippen LogP contribution < -0.4 is 0 Å². The Morgan fingerprint density at radius 3 is 1.57 bits per heavy atom. The molecule has 0 fully saturated rings. The highest BCUT2D eigenvalue weighted by molar-refractivity contribution is 7.99. The summed E-state index contributed by atoms with van der Waals surface area (Å²) in [6.07, 6.45) is 0. The van der Waals surface area contributed by atoms with Crippen LogP contribution in [0, 0.1) is 0 Å². The zero-order valence-corrected chi connectivity index (χ0v) is 26.2. The van der Waals surface area contributed by atoms with Crippen molar-refractivity contribution in [3.63, 3.8) is 0 Å². The maximum atomic E-state index is 5.03. The van der Waals surface area contributed by atoms with Gasteiger partial charge in [-0.1, -0.05) is 151 Å². The van der Waals surface area contributed by atoms with Crippen molar-refractivity contribution < 1.29 is 0 Å². The first-order valence-corrected chi connectivity index (χ1v) is 16.5. The zero-order chi connectivity index (χ0) is 31.2. The van der Waals surface area contributed by atoms with Crippen LogP contribution in [0.1, 0.15) is 0 Å². The van der Waals surface area contributed by atoms with E-state index in [1.54, 1.807) is 0 Å². The smallest absolute Gasteiger partial charge is 0.164 e. The average molecular weight is 618 g/mol. The van der Waals surface area contributed by atoms with E-state index in [0.717, 1.165) is 33.4 Å². The summed E-state index contributed by atoms with van der Waals surface area (Å²) in [6.45, 7) is 0. The summed E-state index contributed by atoms with van der Waals surface area (Å²) in [4.78, 5) is 17.6. The van der Waals surface area contributed by atoms with Crippen LogP contribution in [-0.4, -0.2) is 15.0 Å². The van der Waals surface area contributed by atoms with Gasteiger partial charge in [-0.2, -0.15) is 0 Å². The number of nitrogens with zero attached hydrogens (tertiary/aromatic N) is 3. The van der Waals surface area contributed by atoms with Crippen molar-refractivity contribution in [3.8, 4) is 67.5 Å². The molecule has 0 bridgehead atoms. The molecule has 0 saturated carbocycles. The summed E-state index contributed by atoms with van der Waals surface area (Å²) in [5.41, 5.74) is 10.0. The van der Waals surface area contributed by atoms with Crippen molar-refractivity contribution in [1.29, 1.82) is 0 Å². The van der Waals surface area contributed by atoms with Gasteiger partial charge >= 0.3 is 0 Å². The molecule has 0 atom stereocenters. The van der Waals surface area contributed by atoms with E-state index in [1.165, 1.54) is 37.3 Å². The van der Waals surface area contributed by atoms with Crippen LogP contribution in [0.2, 0.25) is 0 Å². The zero-order valence-electron chi connectivity index (χ0n) is 25.3. The molecule has 1 aromatic heterocycles. The lowest BCUT2D eigenvalue weighted by atomic mass is 9.94. The van der Waals surface area contributed by atoms with Crippen LogP contribution in [0.25, 0.3) is 78.3 Å². The van der Waals surface area contributed by atoms with Crippen LogP contribution in [-0.2, 0) is 0 Å². The van der Waals surface area contributed by atoms with E-state index in [0.29, 0.717) is 17.5 Å². The van der Waals surface area contributed by atoms with Crippen molar-refractivity contribution in [1.82, 2.24) is 15.0 Å². The molecule has 4 heteroatoms. The molecule has 1 aliphatic heterocycles. The third-order valence-corrected chi connectivity index (χ3v) is 9.86. The predicted octanol–water partition coefficient (Wildman–Crippen LogP) is 11.5. The summed E-state index contributed by atoms with van der Waals surface area (Å²) >= 11 is 1.85. The molecular formula is C43H27N3S. The predicted molar refractivity (Wildman–Crippen MR) is 194 cm³/mol. The van der Waals surface area contributed by atoms with E-state index in [9.17, 15) is 0 Å². The quantitative estimate of drug-likeness (QED) is 0.193. The van der Waals surface area contributed by atoms with Crippen molar-refractivity contribution in [2.24, 2.45) is 0 Å². The van der Waals surface area contributed by atoms with Gasteiger partial charge in [0.15, 0.2) is 17.5 Å². The largest absolute Gasteiger partial charge is 0.208 e. The van der Waals surface area contributed by atoms with E-state index in [-0.39, 0.29) is 0 Å². The topological polar surface area (TPSA) is 38.7 Å². The lowest BCUT2D eigenvalue weighted by Crippen LogP contribution is -2.00. The van der Waals surface area contributed by atoms with Crippen LogP contribution in [0.3, 0.4) is 0 Å². The van der Waals surface area contributed by atoms with Gasteiger partial charge < -0.3 is 0 Å².